The third-order valence-electron chi connectivity index (χ3n) is 2.25. The molecule has 1 amide bonds. The summed E-state index contributed by atoms with van der Waals surface area (Å²) >= 11 is 3.14. The Balaban J connectivity index is 2.70. The standard InChI is InChI=1S/C12H15BrFNO2/c1-7(5-8(2)16)15-12(17)10-4-3-9(14)6-11(10)13/h3-4,6-8,16H,5H2,1-2H3,(H,15,17). The number of rotatable bonds is 4. The van der Waals surface area contributed by atoms with Crippen LogP contribution in [0.15, 0.2) is 22.7 Å². The molecular weight excluding hydrogens is 289 g/mol. The Kier molecular flexibility index (Phi) is 5.08. The van der Waals surface area contributed by atoms with Gasteiger partial charge in [-0.05, 0) is 54.4 Å². The van der Waals surface area contributed by atoms with E-state index in [2.05, 4.69) is 21.2 Å². The predicted molar refractivity (Wildman–Crippen MR) is 67.3 cm³/mol. The normalized spacial score (nSPS) is 14.2. The molecule has 1 aromatic rings. The molecule has 94 valence electrons. The van der Waals surface area contributed by atoms with Crippen LogP contribution in [0, 0.1) is 5.82 Å². The largest absolute Gasteiger partial charge is 0.393 e. The van der Waals surface area contributed by atoms with Gasteiger partial charge in [0.15, 0.2) is 0 Å². The van der Waals surface area contributed by atoms with E-state index in [0.29, 0.717) is 16.5 Å². The minimum Gasteiger partial charge on any atom is -0.393 e. The first-order valence-electron chi connectivity index (χ1n) is 5.34. The zero-order chi connectivity index (χ0) is 13.0. The number of halogens is 2. The monoisotopic (exact) mass is 303 g/mol. The summed E-state index contributed by atoms with van der Waals surface area (Å²) in [5.74, 6) is -0.685. The molecule has 0 aromatic heterocycles. The van der Waals surface area contributed by atoms with Crippen molar-refractivity contribution in [3.05, 3.63) is 34.1 Å². The fourth-order valence-corrected chi connectivity index (χ4v) is 2.08. The third-order valence-corrected chi connectivity index (χ3v) is 2.90. The molecule has 2 unspecified atom stereocenters. The number of aliphatic hydroxyl groups is 1. The predicted octanol–water partition coefficient (Wildman–Crippen LogP) is 2.48. The van der Waals surface area contributed by atoms with Crippen LogP contribution in [0.4, 0.5) is 4.39 Å². The summed E-state index contributed by atoms with van der Waals surface area (Å²) in [4.78, 5) is 11.8. The van der Waals surface area contributed by atoms with E-state index in [4.69, 9.17) is 0 Å². The van der Waals surface area contributed by atoms with Gasteiger partial charge in [-0.15, -0.1) is 0 Å². The smallest absolute Gasteiger partial charge is 0.252 e. The number of hydrogen-bond donors (Lipinski definition) is 2. The molecule has 0 saturated heterocycles. The number of carbonyl (C=O) groups excluding carboxylic acids is 1. The van der Waals surface area contributed by atoms with E-state index in [1.165, 1.54) is 18.2 Å². The first kappa shape index (κ1) is 14.1. The lowest BCUT2D eigenvalue weighted by Gasteiger charge is -2.15. The van der Waals surface area contributed by atoms with E-state index in [0.717, 1.165) is 0 Å². The van der Waals surface area contributed by atoms with Crippen LogP contribution in [0.5, 0.6) is 0 Å². The van der Waals surface area contributed by atoms with E-state index in [1.54, 1.807) is 6.92 Å². The van der Waals surface area contributed by atoms with E-state index >= 15 is 0 Å². The summed E-state index contributed by atoms with van der Waals surface area (Å²) in [6.45, 7) is 3.47. The Morgan fingerprint density at radius 3 is 2.71 bits per heavy atom. The summed E-state index contributed by atoms with van der Waals surface area (Å²) in [6, 6.07) is 3.76. The highest BCUT2D eigenvalue weighted by Crippen LogP contribution is 2.18. The van der Waals surface area contributed by atoms with Crippen molar-refractivity contribution in [2.24, 2.45) is 0 Å². The lowest BCUT2D eigenvalue weighted by molar-refractivity contribution is 0.0922. The highest BCUT2D eigenvalue weighted by atomic mass is 79.9. The Morgan fingerprint density at radius 2 is 2.18 bits per heavy atom. The van der Waals surface area contributed by atoms with Crippen LogP contribution in [0.1, 0.15) is 30.6 Å². The van der Waals surface area contributed by atoms with Gasteiger partial charge < -0.3 is 10.4 Å². The van der Waals surface area contributed by atoms with Gasteiger partial charge in [-0.1, -0.05) is 0 Å². The van der Waals surface area contributed by atoms with Crippen molar-refractivity contribution in [1.29, 1.82) is 0 Å². The van der Waals surface area contributed by atoms with Gasteiger partial charge in [-0.25, -0.2) is 4.39 Å². The van der Waals surface area contributed by atoms with Crippen molar-refractivity contribution in [3.63, 3.8) is 0 Å². The van der Waals surface area contributed by atoms with Gasteiger partial charge in [0.1, 0.15) is 5.82 Å². The molecule has 0 spiro atoms. The number of amides is 1. The van der Waals surface area contributed by atoms with Gasteiger partial charge >= 0.3 is 0 Å². The van der Waals surface area contributed by atoms with Crippen molar-refractivity contribution in [2.75, 3.05) is 0 Å². The maximum atomic E-state index is 12.9. The molecule has 1 aromatic carbocycles. The molecular formula is C12H15BrFNO2. The second-order valence-electron chi connectivity index (χ2n) is 4.08. The molecule has 1 rings (SSSR count). The summed E-state index contributed by atoms with van der Waals surface area (Å²) < 4.78 is 13.3. The summed E-state index contributed by atoms with van der Waals surface area (Å²) in [6.07, 6.45) is 0.00633. The number of carbonyl (C=O) groups is 1. The zero-order valence-corrected chi connectivity index (χ0v) is 11.3. The molecule has 0 saturated carbocycles. The molecule has 2 atom stereocenters. The average Bonchev–Trinajstić information content (AvgIpc) is 2.15. The third kappa shape index (κ3) is 4.44. The minimum atomic E-state index is -0.470. The van der Waals surface area contributed by atoms with Crippen LogP contribution in [0.2, 0.25) is 0 Å². The van der Waals surface area contributed by atoms with Crippen LogP contribution >= 0.6 is 15.9 Å². The second-order valence-corrected chi connectivity index (χ2v) is 4.94. The number of nitrogens with one attached hydrogen (secondary N) is 1. The first-order chi connectivity index (χ1) is 7.90. The second kappa shape index (κ2) is 6.12. The molecule has 3 nitrogen and oxygen atoms in total. The molecule has 2 N–H and O–H groups in total. The van der Waals surface area contributed by atoms with Crippen molar-refractivity contribution in [3.8, 4) is 0 Å². The summed E-state index contributed by atoms with van der Waals surface area (Å²) in [7, 11) is 0. The molecule has 0 aliphatic carbocycles. The van der Waals surface area contributed by atoms with Gasteiger partial charge in [0.25, 0.3) is 5.91 Å². The SMILES string of the molecule is CC(O)CC(C)NC(=O)c1ccc(F)cc1Br. The Hall–Kier alpha value is -0.940. The fraction of sp³-hybridized carbons (Fsp3) is 0.417. The van der Waals surface area contributed by atoms with Gasteiger partial charge in [0.2, 0.25) is 0 Å². The lowest BCUT2D eigenvalue weighted by atomic mass is 10.1. The van der Waals surface area contributed by atoms with Crippen LogP contribution in [-0.2, 0) is 0 Å². The van der Waals surface area contributed by atoms with E-state index in [-0.39, 0.29) is 11.9 Å². The van der Waals surface area contributed by atoms with Crippen molar-refractivity contribution in [1.82, 2.24) is 5.32 Å². The number of hydrogen-bond acceptors (Lipinski definition) is 2. The molecule has 0 radical (unpaired) electrons. The molecule has 0 aliphatic heterocycles. The van der Waals surface area contributed by atoms with E-state index in [9.17, 15) is 14.3 Å². The zero-order valence-electron chi connectivity index (χ0n) is 9.71. The van der Waals surface area contributed by atoms with E-state index in [1.807, 2.05) is 6.92 Å². The van der Waals surface area contributed by atoms with Crippen molar-refractivity contribution in [2.45, 2.75) is 32.4 Å². The number of aliphatic hydroxyl groups excluding tert-OH is 1. The topological polar surface area (TPSA) is 49.3 Å². The molecule has 0 heterocycles. The highest BCUT2D eigenvalue weighted by Gasteiger charge is 2.14. The van der Waals surface area contributed by atoms with Crippen LogP contribution in [0.3, 0.4) is 0 Å². The highest BCUT2D eigenvalue weighted by molar-refractivity contribution is 9.10. The van der Waals surface area contributed by atoms with Crippen molar-refractivity contribution >= 4 is 21.8 Å². The van der Waals surface area contributed by atoms with Gasteiger partial charge in [0.05, 0.1) is 11.7 Å². The fourth-order valence-electron chi connectivity index (χ4n) is 1.55. The first-order valence-corrected chi connectivity index (χ1v) is 6.13. The van der Waals surface area contributed by atoms with Crippen LogP contribution < -0.4 is 5.32 Å². The lowest BCUT2D eigenvalue weighted by Crippen LogP contribution is -2.34. The molecule has 5 heteroatoms. The molecule has 17 heavy (non-hydrogen) atoms. The van der Waals surface area contributed by atoms with Gasteiger partial charge in [-0.3, -0.25) is 4.79 Å². The quantitative estimate of drug-likeness (QED) is 0.898. The summed E-state index contributed by atoms with van der Waals surface area (Å²) in [5.41, 5.74) is 0.379. The summed E-state index contributed by atoms with van der Waals surface area (Å²) in [5, 5.41) is 11.9. The average molecular weight is 304 g/mol. The Morgan fingerprint density at radius 1 is 1.53 bits per heavy atom. The Labute approximate surface area is 108 Å². The van der Waals surface area contributed by atoms with E-state index < -0.39 is 11.9 Å². The molecule has 0 aliphatic rings. The van der Waals surface area contributed by atoms with Crippen LogP contribution in [-0.4, -0.2) is 23.2 Å². The van der Waals surface area contributed by atoms with Crippen LogP contribution in [0.25, 0.3) is 0 Å². The maximum absolute atomic E-state index is 12.9. The molecule has 0 fully saturated rings. The maximum Gasteiger partial charge on any atom is 0.252 e. The molecule has 0 bridgehead atoms. The number of benzene rings is 1. The Bertz CT molecular complexity index is 409. The van der Waals surface area contributed by atoms with Crippen molar-refractivity contribution < 1.29 is 14.3 Å². The van der Waals surface area contributed by atoms with Gasteiger partial charge in [0, 0.05) is 10.5 Å². The minimum absolute atomic E-state index is 0.139. The van der Waals surface area contributed by atoms with Gasteiger partial charge in [-0.2, -0.15) is 0 Å².